The predicted octanol–water partition coefficient (Wildman–Crippen LogP) is 5.42. The third-order valence-electron chi connectivity index (χ3n) is 4.54. The maximum absolute atomic E-state index is 12.5. The average molecular weight is 368 g/mol. The largest absolute Gasteiger partial charge is 0.451 e. The van der Waals surface area contributed by atoms with Crippen molar-refractivity contribution < 1.29 is 13.6 Å². The molecule has 0 spiro atoms. The van der Waals surface area contributed by atoms with Crippen LogP contribution in [-0.4, -0.2) is 10.9 Å². The van der Waals surface area contributed by atoms with Crippen molar-refractivity contribution >= 4 is 33.7 Å². The topological polar surface area (TPSA) is 68.3 Å². The fourth-order valence-corrected chi connectivity index (χ4v) is 3.19. The Morgan fingerprint density at radius 2 is 1.68 bits per heavy atom. The number of nitrogens with one attached hydrogen (secondary N) is 1. The smallest absolute Gasteiger partial charge is 0.291 e. The van der Waals surface area contributed by atoms with Gasteiger partial charge in [0.05, 0.1) is 0 Å². The molecule has 1 N–H and O–H groups in total. The molecule has 0 unspecified atom stereocenters. The van der Waals surface area contributed by atoms with Crippen LogP contribution in [0.1, 0.15) is 22.0 Å². The molecule has 5 heteroatoms. The summed E-state index contributed by atoms with van der Waals surface area (Å²) in [5.74, 6) is 0.608. The number of hydrogen-bond donors (Lipinski definition) is 1. The minimum Gasteiger partial charge on any atom is -0.451 e. The van der Waals surface area contributed by atoms with E-state index in [1.54, 1.807) is 18.2 Å². The van der Waals surface area contributed by atoms with Gasteiger partial charge in [0.1, 0.15) is 11.1 Å². The average Bonchev–Trinajstić information content (AvgIpc) is 3.32. The number of furan rings is 1. The van der Waals surface area contributed by atoms with E-state index < -0.39 is 0 Å². The molecule has 5 nitrogen and oxygen atoms in total. The van der Waals surface area contributed by atoms with Crippen molar-refractivity contribution in [1.29, 1.82) is 0 Å². The Hall–Kier alpha value is -3.86. The second-order valence-corrected chi connectivity index (χ2v) is 6.56. The molecule has 0 atom stereocenters. The number of carbonyl (C=O) groups excluding carboxylic acids is 1. The van der Waals surface area contributed by atoms with Gasteiger partial charge in [0, 0.05) is 17.5 Å². The lowest BCUT2D eigenvalue weighted by atomic mass is 10.1. The summed E-state index contributed by atoms with van der Waals surface area (Å²) in [7, 11) is 0. The maximum atomic E-state index is 12.5. The third-order valence-corrected chi connectivity index (χ3v) is 4.54. The van der Waals surface area contributed by atoms with Gasteiger partial charge in [-0.25, -0.2) is 4.98 Å². The number of hydrogen-bond acceptors (Lipinski definition) is 4. The molecule has 0 radical (unpaired) electrons. The molecular formula is C23H16N2O3. The van der Waals surface area contributed by atoms with Crippen molar-refractivity contribution in [2.75, 3.05) is 5.32 Å². The lowest BCUT2D eigenvalue weighted by Crippen LogP contribution is -2.10. The Balaban J connectivity index is 1.37. The van der Waals surface area contributed by atoms with Crippen molar-refractivity contribution in [1.82, 2.24) is 4.98 Å². The summed E-state index contributed by atoms with van der Waals surface area (Å²) >= 11 is 0. The first kappa shape index (κ1) is 16.3. The third kappa shape index (κ3) is 3.14. The van der Waals surface area contributed by atoms with Gasteiger partial charge in [-0.2, -0.15) is 0 Å². The van der Waals surface area contributed by atoms with Gasteiger partial charge in [-0.1, -0.05) is 48.5 Å². The van der Waals surface area contributed by atoms with Crippen LogP contribution in [0.2, 0.25) is 0 Å². The molecular weight excluding hydrogens is 352 g/mol. The Labute approximate surface area is 160 Å². The highest BCUT2D eigenvalue weighted by Gasteiger charge is 2.14. The van der Waals surface area contributed by atoms with Crippen LogP contribution in [0, 0.1) is 0 Å². The van der Waals surface area contributed by atoms with Crippen LogP contribution in [0.15, 0.2) is 87.7 Å². The molecule has 2 aromatic heterocycles. The quantitative estimate of drug-likeness (QED) is 0.460. The number of aromatic nitrogens is 1. The summed E-state index contributed by atoms with van der Waals surface area (Å²) in [5, 5.41) is 3.75. The fraction of sp³-hybridized carbons (Fsp3) is 0.0435. The summed E-state index contributed by atoms with van der Waals surface area (Å²) in [4.78, 5) is 17.1. The van der Waals surface area contributed by atoms with E-state index in [1.807, 2.05) is 60.7 Å². The molecule has 5 rings (SSSR count). The number of para-hydroxylation sites is 1. The van der Waals surface area contributed by atoms with Gasteiger partial charge in [-0.3, -0.25) is 4.79 Å². The van der Waals surface area contributed by atoms with Gasteiger partial charge in [0.25, 0.3) is 5.91 Å². The van der Waals surface area contributed by atoms with E-state index >= 15 is 0 Å². The van der Waals surface area contributed by atoms with Crippen LogP contribution < -0.4 is 5.32 Å². The van der Waals surface area contributed by atoms with Gasteiger partial charge >= 0.3 is 0 Å². The van der Waals surface area contributed by atoms with Gasteiger partial charge < -0.3 is 14.2 Å². The molecule has 5 aromatic rings. The molecule has 0 bridgehead atoms. The number of nitrogens with zero attached hydrogens (tertiary/aromatic N) is 1. The molecule has 0 aliphatic carbocycles. The van der Waals surface area contributed by atoms with E-state index in [0.717, 1.165) is 10.9 Å². The van der Waals surface area contributed by atoms with E-state index in [4.69, 9.17) is 8.83 Å². The lowest BCUT2D eigenvalue weighted by Gasteiger charge is -2.02. The highest BCUT2D eigenvalue weighted by atomic mass is 16.4. The zero-order valence-electron chi connectivity index (χ0n) is 14.9. The Morgan fingerprint density at radius 3 is 2.54 bits per heavy atom. The van der Waals surface area contributed by atoms with Crippen molar-refractivity contribution in [3.05, 3.63) is 96.1 Å². The Morgan fingerprint density at radius 1 is 0.857 bits per heavy atom. The first-order chi connectivity index (χ1) is 13.7. The van der Waals surface area contributed by atoms with Crippen LogP contribution in [0.25, 0.3) is 22.1 Å². The SMILES string of the molecule is O=C(Nc1ccc2oc(Cc3ccccc3)nc2c1)c1cc2ccccc2o1. The zero-order chi connectivity index (χ0) is 18.9. The first-order valence-electron chi connectivity index (χ1n) is 8.98. The number of amides is 1. The Kier molecular flexibility index (Phi) is 3.91. The van der Waals surface area contributed by atoms with Crippen LogP contribution in [0.3, 0.4) is 0 Å². The van der Waals surface area contributed by atoms with E-state index in [9.17, 15) is 4.79 Å². The highest BCUT2D eigenvalue weighted by Crippen LogP contribution is 2.23. The number of oxazole rings is 1. The number of rotatable bonds is 4. The molecule has 0 saturated carbocycles. The molecule has 3 aromatic carbocycles. The number of anilines is 1. The molecule has 0 aliphatic heterocycles. The summed E-state index contributed by atoms with van der Waals surface area (Å²) in [6.07, 6.45) is 0.621. The van der Waals surface area contributed by atoms with Gasteiger partial charge in [0.15, 0.2) is 17.2 Å². The van der Waals surface area contributed by atoms with E-state index in [1.165, 1.54) is 0 Å². The van der Waals surface area contributed by atoms with Gasteiger partial charge in [-0.05, 0) is 35.9 Å². The summed E-state index contributed by atoms with van der Waals surface area (Å²) in [6, 6.07) is 24.7. The standard InChI is InChI=1S/C23H16N2O3/c26-23(21-13-16-8-4-5-9-19(16)27-21)24-17-10-11-20-18(14-17)25-22(28-20)12-15-6-2-1-3-7-15/h1-11,13-14H,12H2,(H,24,26). The van der Waals surface area contributed by atoms with Crippen LogP contribution in [-0.2, 0) is 6.42 Å². The number of benzene rings is 3. The lowest BCUT2D eigenvalue weighted by molar-refractivity contribution is 0.0998. The minimum atomic E-state index is -0.302. The maximum Gasteiger partial charge on any atom is 0.291 e. The molecule has 0 aliphatic rings. The van der Waals surface area contributed by atoms with E-state index in [2.05, 4.69) is 10.3 Å². The second-order valence-electron chi connectivity index (χ2n) is 6.56. The molecule has 136 valence electrons. The molecule has 28 heavy (non-hydrogen) atoms. The van der Waals surface area contributed by atoms with Crippen LogP contribution in [0.5, 0.6) is 0 Å². The Bertz CT molecular complexity index is 1250. The second kappa shape index (κ2) is 6.70. The van der Waals surface area contributed by atoms with Crippen molar-refractivity contribution in [2.45, 2.75) is 6.42 Å². The molecule has 2 heterocycles. The highest BCUT2D eigenvalue weighted by molar-refractivity contribution is 6.05. The van der Waals surface area contributed by atoms with Crippen molar-refractivity contribution in [3.63, 3.8) is 0 Å². The van der Waals surface area contributed by atoms with E-state index in [0.29, 0.717) is 34.7 Å². The van der Waals surface area contributed by atoms with Crippen molar-refractivity contribution in [2.24, 2.45) is 0 Å². The van der Waals surface area contributed by atoms with E-state index in [-0.39, 0.29) is 11.7 Å². The molecule has 0 saturated heterocycles. The van der Waals surface area contributed by atoms with Crippen LogP contribution in [0.4, 0.5) is 5.69 Å². The first-order valence-corrected chi connectivity index (χ1v) is 8.98. The minimum absolute atomic E-state index is 0.270. The summed E-state index contributed by atoms with van der Waals surface area (Å²) in [6.45, 7) is 0. The normalized spacial score (nSPS) is 11.1. The zero-order valence-corrected chi connectivity index (χ0v) is 14.9. The van der Waals surface area contributed by atoms with Crippen LogP contribution >= 0.6 is 0 Å². The predicted molar refractivity (Wildman–Crippen MR) is 107 cm³/mol. The van der Waals surface area contributed by atoms with Crippen molar-refractivity contribution in [3.8, 4) is 0 Å². The molecule has 1 amide bonds. The molecule has 0 fully saturated rings. The summed E-state index contributed by atoms with van der Waals surface area (Å²) < 4.78 is 11.4. The van der Waals surface area contributed by atoms with Gasteiger partial charge in [-0.15, -0.1) is 0 Å². The monoisotopic (exact) mass is 368 g/mol. The fourth-order valence-electron chi connectivity index (χ4n) is 3.19. The van der Waals surface area contributed by atoms with Gasteiger partial charge in [0.2, 0.25) is 0 Å². The number of carbonyl (C=O) groups is 1. The summed E-state index contributed by atoms with van der Waals surface area (Å²) in [5.41, 5.74) is 3.84. The number of fused-ring (bicyclic) bond motifs is 2.